The molecule has 19 nitrogen and oxygen atoms in total. The molecule has 7 aromatic rings. The van der Waals surface area contributed by atoms with Crippen LogP contribution in [-0.4, -0.2) is 112 Å². The summed E-state index contributed by atoms with van der Waals surface area (Å²) in [4.78, 5) is 16.7. The van der Waals surface area contributed by atoms with Crippen LogP contribution in [0.4, 0.5) is 0 Å². The van der Waals surface area contributed by atoms with E-state index in [-0.39, 0.29) is 0 Å². The molecule has 478 valence electrons. The summed E-state index contributed by atoms with van der Waals surface area (Å²) in [6.45, 7) is 60.6. The molecule has 0 saturated heterocycles. The molecule has 0 saturated carbocycles. The lowest BCUT2D eigenvalue weighted by molar-refractivity contribution is 0.114. The minimum atomic E-state index is 0.339. The fraction of sp³-hybridized carbons (Fsp3) is 0.690. The minimum absolute atomic E-state index is 0.339. The maximum absolute atomic E-state index is 5.12. The van der Waals surface area contributed by atoms with Gasteiger partial charge in [0.2, 0.25) is 11.8 Å². The van der Waals surface area contributed by atoms with Crippen molar-refractivity contribution in [2.75, 3.05) is 14.1 Å². The van der Waals surface area contributed by atoms with E-state index in [0.717, 1.165) is 59.6 Å². The Labute approximate surface area is 544 Å². The van der Waals surface area contributed by atoms with E-state index in [1.165, 1.54) is 83.9 Å². The fourth-order valence-electron chi connectivity index (χ4n) is 6.75. The lowest BCUT2D eigenvalue weighted by Crippen LogP contribution is -2.35. The first kappa shape index (κ1) is 79.2. The van der Waals surface area contributed by atoms with E-state index < -0.39 is 0 Å². The largest absolute Gasteiger partial charge is 0.425 e. The Bertz CT molecular complexity index is 2670. The number of rotatable bonds is 9. The average Bonchev–Trinajstić information content (AvgIpc) is 4.23. The maximum atomic E-state index is 5.12. The number of aryl methyl sites for hydroxylation is 7. The average molecular weight is 1320 g/mol. The highest BCUT2D eigenvalue weighted by molar-refractivity contribution is 8.01. The number of nitrogens with zero attached hydrogens (tertiary/aromatic N) is 18. The Morgan fingerprint density at radius 3 is 1.14 bits per heavy atom. The van der Waals surface area contributed by atoms with Crippen molar-refractivity contribution < 1.29 is 4.42 Å². The summed E-state index contributed by atoms with van der Waals surface area (Å²) < 4.78 is 33.9. The molecule has 2 aliphatic rings. The molecule has 0 radical (unpaired) electrons. The molecule has 0 aromatic carbocycles. The number of aromatic nitrogens is 14. The summed E-state index contributed by atoms with van der Waals surface area (Å²) in [7, 11) is 4.21. The van der Waals surface area contributed by atoms with E-state index in [0.29, 0.717) is 65.3 Å². The standard InChI is InChI=1S/2C8H16N2S.C6H10N2O.6C6H10N2S/c1-6(2)10-7(3)8(4)11-9(10)5;1-6(2)10-9(5)7(3)8(4)11-10;2*1-4(2)6-8-7-5(3)9-6;1-4(2)6-7-5(3)9-8-6;2*1-4(2)6-7-5(3)8-9-6;1-4(2)6-5(3)9-8-7-6;1-4(2)6-5(3)7-9-8-6/h2*6H,1-5H3;7*4H,1-3H3. The van der Waals surface area contributed by atoms with Gasteiger partial charge in [0.15, 0.2) is 0 Å². The highest BCUT2D eigenvalue weighted by Gasteiger charge is 2.26. The third kappa shape index (κ3) is 29.4. The Morgan fingerprint density at radius 2 is 0.953 bits per heavy atom. The van der Waals surface area contributed by atoms with Gasteiger partial charge in [-0.05, 0) is 179 Å². The third-order valence-electron chi connectivity index (χ3n) is 11.6. The number of hydrogen-bond donors (Lipinski definition) is 0. The van der Waals surface area contributed by atoms with Crippen LogP contribution in [0.25, 0.3) is 0 Å². The van der Waals surface area contributed by atoms with Crippen molar-refractivity contribution in [1.29, 1.82) is 0 Å². The molecule has 0 fully saturated rings. The van der Waals surface area contributed by atoms with Gasteiger partial charge in [0.25, 0.3) is 0 Å². The van der Waals surface area contributed by atoms with Gasteiger partial charge in [0, 0.05) is 88.8 Å². The van der Waals surface area contributed by atoms with Crippen molar-refractivity contribution in [3.63, 3.8) is 0 Å². The molecule has 0 bridgehead atoms. The van der Waals surface area contributed by atoms with Gasteiger partial charge in [-0.15, -0.1) is 36.8 Å². The minimum Gasteiger partial charge on any atom is -0.425 e. The molecule has 0 amide bonds. The Kier molecular flexibility index (Phi) is 37.2. The summed E-state index contributed by atoms with van der Waals surface area (Å²) in [6, 6.07) is 1.13. The van der Waals surface area contributed by atoms with Gasteiger partial charge in [-0.25, -0.2) is 15.0 Å². The lowest BCUT2D eigenvalue weighted by Gasteiger charge is -2.30. The molecule has 9 rings (SSSR count). The van der Waals surface area contributed by atoms with Crippen LogP contribution in [0.2, 0.25) is 0 Å². The zero-order valence-electron chi connectivity index (χ0n) is 56.9. The smallest absolute Gasteiger partial charge is 0.219 e. The number of hydrogen-bond acceptors (Lipinski definition) is 27. The second kappa shape index (κ2) is 40.0. The van der Waals surface area contributed by atoms with Crippen molar-refractivity contribution in [2.45, 2.75) is 254 Å². The lowest BCUT2D eigenvalue weighted by atomic mass is 10.1. The van der Waals surface area contributed by atoms with Crippen LogP contribution in [0.5, 0.6) is 0 Å². The van der Waals surface area contributed by atoms with Gasteiger partial charge in [0.1, 0.15) is 42.5 Å². The van der Waals surface area contributed by atoms with Gasteiger partial charge in [-0.2, -0.15) is 30.7 Å². The Hall–Kier alpha value is -3.80. The van der Waals surface area contributed by atoms with Crippen molar-refractivity contribution in [2.24, 2.45) is 0 Å². The van der Waals surface area contributed by atoms with Crippen LogP contribution in [0.1, 0.15) is 270 Å². The van der Waals surface area contributed by atoms with Crippen molar-refractivity contribution in [3.05, 3.63) is 97.5 Å². The van der Waals surface area contributed by atoms with Gasteiger partial charge in [0.05, 0.1) is 28.8 Å². The zero-order chi connectivity index (χ0) is 65.2. The topological polar surface area (TPSA) is 207 Å². The molecular weight excluding hydrogens is 1220 g/mol. The summed E-state index contributed by atoms with van der Waals surface area (Å²) in [6.07, 6.45) is 0. The van der Waals surface area contributed by atoms with Crippen LogP contribution in [-0.2, 0) is 0 Å². The molecule has 0 aliphatic carbocycles. The molecule has 85 heavy (non-hydrogen) atoms. The molecule has 2 aliphatic heterocycles. The molecule has 9 heterocycles. The number of hydrazine groups is 2. The number of allylic oxidation sites excluding steroid dienone is 4. The molecular formula is C58H102N18OS8. The van der Waals surface area contributed by atoms with Crippen molar-refractivity contribution in [1.82, 2.24) is 85.6 Å². The van der Waals surface area contributed by atoms with Gasteiger partial charge in [-0.1, -0.05) is 101 Å². The van der Waals surface area contributed by atoms with E-state index in [1.54, 1.807) is 30.2 Å². The van der Waals surface area contributed by atoms with E-state index in [2.05, 4.69) is 245 Å². The Balaban J connectivity index is 0.000000479. The highest BCUT2D eigenvalue weighted by atomic mass is 32.2. The van der Waals surface area contributed by atoms with Crippen LogP contribution in [0.3, 0.4) is 0 Å². The summed E-state index contributed by atoms with van der Waals surface area (Å²) in [5.74, 6) is 7.52. The van der Waals surface area contributed by atoms with E-state index in [4.69, 9.17) is 4.42 Å². The van der Waals surface area contributed by atoms with Crippen molar-refractivity contribution >= 4 is 93.1 Å². The van der Waals surface area contributed by atoms with Gasteiger partial charge < -0.3 is 9.43 Å². The molecule has 0 spiro atoms. The molecule has 0 N–H and O–H groups in total. The maximum Gasteiger partial charge on any atom is 0.219 e. The van der Waals surface area contributed by atoms with Crippen LogP contribution >= 0.6 is 93.1 Å². The first-order chi connectivity index (χ1) is 39.5. The van der Waals surface area contributed by atoms with E-state index in [9.17, 15) is 0 Å². The van der Waals surface area contributed by atoms with Gasteiger partial charge in [-0.3, -0.25) is 5.01 Å². The van der Waals surface area contributed by atoms with Crippen LogP contribution in [0, 0.1) is 48.5 Å². The normalized spacial score (nSPS) is 13.3. The Morgan fingerprint density at radius 1 is 0.424 bits per heavy atom. The first-order valence-corrected chi connectivity index (χ1v) is 35.0. The molecule has 27 heteroatoms. The molecule has 7 aromatic heterocycles. The second-order valence-electron chi connectivity index (χ2n) is 22.7. The van der Waals surface area contributed by atoms with Crippen molar-refractivity contribution in [3.8, 4) is 0 Å². The van der Waals surface area contributed by atoms with Crippen LogP contribution in [0.15, 0.2) is 25.6 Å². The third-order valence-corrected chi connectivity index (χ3v) is 19.2. The highest BCUT2D eigenvalue weighted by Crippen LogP contribution is 2.37. The predicted octanol–water partition coefficient (Wildman–Crippen LogP) is 18.2. The summed E-state index contributed by atoms with van der Waals surface area (Å²) in [5.41, 5.74) is 6.10. The zero-order valence-corrected chi connectivity index (χ0v) is 63.5. The van der Waals surface area contributed by atoms with Crippen LogP contribution < -0.4 is 0 Å². The quantitative estimate of drug-likeness (QED) is 0.123. The predicted molar refractivity (Wildman–Crippen MR) is 367 cm³/mol. The monoisotopic (exact) mass is 1320 g/mol. The first-order valence-electron chi connectivity index (χ1n) is 28.9. The second-order valence-corrected chi connectivity index (χ2v) is 30.4. The summed E-state index contributed by atoms with van der Waals surface area (Å²) >= 11 is 12.5. The fourth-order valence-corrected chi connectivity index (χ4v) is 12.7. The molecule has 0 unspecified atom stereocenters. The van der Waals surface area contributed by atoms with E-state index in [1.807, 2.05) is 60.4 Å². The SMILES string of the molecule is CC1=C(C)N(C(C)C)N(C)S1.CC1=C(C)N(C)N(C(C)C)S1.Cc1nc(C(C)C)ns1.Cc1nnc(C(C)C)o1.Cc1nnc(C(C)C)s1.Cc1nsc(C(C)C)n1.Cc1nsc(C(C)C)n1.Cc1nsnc1C(C)C.Cc1snnc1C(C)C. The van der Waals surface area contributed by atoms with Gasteiger partial charge >= 0.3 is 0 Å². The summed E-state index contributed by atoms with van der Waals surface area (Å²) in [5, 5.41) is 29.4. The van der Waals surface area contributed by atoms with E-state index >= 15 is 0 Å². The molecule has 0 atom stereocenters.